The second kappa shape index (κ2) is 10.5. The number of anilines is 1. The van der Waals surface area contributed by atoms with E-state index in [1.807, 2.05) is 53.4 Å². The van der Waals surface area contributed by atoms with E-state index >= 15 is 0 Å². The molecule has 4 rings (SSSR count). The molecule has 4 aromatic rings. The van der Waals surface area contributed by atoms with E-state index in [-0.39, 0.29) is 24.0 Å². The molecular formula is C25H23N3O3S. The molecule has 0 saturated carbocycles. The van der Waals surface area contributed by atoms with Crippen molar-refractivity contribution >= 4 is 28.3 Å². The Hall–Kier alpha value is -3.71. The zero-order chi connectivity index (χ0) is 22.2. The SMILES string of the molecule is O=C(Nc1nc(CC(=O)N(CCc2ccccc2)Cc2ccccc2)cs1)c1ccco1. The third-order valence-electron chi connectivity index (χ3n) is 4.93. The largest absolute Gasteiger partial charge is 0.459 e. The van der Waals surface area contributed by atoms with E-state index in [1.165, 1.54) is 23.2 Å². The lowest BCUT2D eigenvalue weighted by molar-refractivity contribution is -0.131. The summed E-state index contributed by atoms with van der Waals surface area (Å²) in [5.41, 5.74) is 2.90. The molecule has 0 radical (unpaired) electrons. The highest BCUT2D eigenvalue weighted by atomic mass is 32.1. The number of aromatic nitrogens is 1. The third-order valence-corrected chi connectivity index (χ3v) is 5.74. The lowest BCUT2D eigenvalue weighted by atomic mass is 10.1. The molecule has 0 bridgehead atoms. The normalized spacial score (nSPS) is 10.6. The number of nitrogens with zero attached hydrogens (tertiary/aromatic N) is 2. The average molecular weight is 446 g/mol. The molecule has 1 N–H and O–H groups in total. The number of carbonyl (C=O) groups excluding carboxylic acids is 2. The van der Waals surface area contributed by atoms with Crippen molar-refractivity contribution in [2.75, 3.05) is 11.9 Å². The fraction of sp³-hybridized carbons (Fsp3) is 0.160. The Morgan fingerprint density at radius 2 is 1.66 bits per heavy atom. The molecule has 0 atom stereocenters. The van der Waals surface area contributed by atoms with Crippen molar-refractivity contribution in [2.45, 2.75) is 19.4 Å². The molecule has 2 amide bonds. The van der Waals surface area contributed by atoms with Crippen molar-refractivity contribution < 1.29 is 14.0 Å². The summed E-state index contributed by atoms with van der Waals surface area (Å²) in [6.07, 6.45) is 2.40. The van der Waals surface area contributed by atoms with Crippen LogP contribution in [-0.4, -0.2) is 28.2 Å². The standard InChI is InChI=1S/C25H23N3O3S/c29-23(16-21-18-32-25(26-21)27-24(30)22-12-7-15-31-22)28(17-20-10-5-2-6-11-20)14-13-19-8-3-1-4-9-19/h1-12,15,18H,13-14,16-17H2,(H,26,27,30). The van der Waals surface area contributed by atoms with Crippen LogP contribution in [0.15, 0.2) is 88.9 Å². The highest BCUT2D eigenvalue weighted by Crippen LogP contribution is 2.18. The monoisotopic (exact) mass is 445 g/mol. The topological polar surface area (TPSA) is 75.4 Å². The first-order valence-electron chi connectivity index (χ1n) is 10.3. The van der Waals surface area contributed by atoms with Crippen LogP contribution >= 0.6 is 11.3 Å². The lowest BCUT2D eigenvalue weighted by Crippen LogP contribution is -2.33. The minimum absolute atomic E-state index is 0.000930. The number of rotatable bonds is 9. The maximum atomic E-state index is 13.1. The maximum Gasteiger partial charge on any atom is 0.293 e. The summed E-state index contributed by atoms with van der Waals surface area (Å²) in [5.74, 6) is -0.150. The first-order chi connectivity index (χ1) is 15.7. The number of carbonyl (C=O) groups is 2. The molecule has 0 aliphatic rings. The smallest absolute Gasteiger partial charge is 0.293 e. The first kappa shape index (κ1) is 21.5. The van der Waals surface area contributed by atoms with Gasteiger partial charge in [0.1, 0.15) is 0 Å². The van der Waals surface area contributed by atoms with Gasteiger partial charge >= 0.3 is 0 Å². The Bertz CT molecular complexity index is 1140. The van der Waals surface area contributed by atoms with Crippen LogP contribution in [0.2, 0.25) is 0 Å². The van der Waals surface area contributed by atoms with Crippen molar-refractivity contribution in [2.24, 2.45) is 0 Å². The molecule has 0 saturated heterocycles. The Labute approximate surface area is 190 Å². The van der Waals surface area contributed by atoms with E-state index in [0.717, 1.165) is 12.0 Å². The van der Waals surface area contributed by atoms with Crippen molar-refractivity contribution in [3.05, 3.63) is 107 Å². The minimum Gasteiger partial charge on any atom is -0.459 e. The third kappa shape index (κ3) is 5.92. The number of amides is 2. The van der Waals surface area contributed by atoms with Gasteiger partial charge in [-0.05, 0) is 29.7 Å². The van der Waals surface area contributed by atoms with Gasteiger partial charge in [0.15, 0.2) is 10.9 Å². The van der Waals surface area contributed by atoms with Crippen LogP contribution in [0, 0.1) is 0 Å². The number of furan rings is 1. The van der Waals surface area contributed by atoms with Gasteiger partial charge in [0.25, 0.3) is 5.91 Å². The number of nitrogens with one attached hydrogen (secondary N) is 1. The number of hydrogen-bond donors (Lipinski definition) is 1. The van der Waals surface area contributed by atoms with Crippen molar-refractivity contribution in [3.8, 4) is 0 Å². The van der Waals surface area contributed by atoms with Gasteiger partial charge < -0.3 is 9.32 Å². The highest BCUT2D eigenvalue weighted by Gasteiger charge is 2.17. The van der Waals surface area contributed by atoms with Gasteiger partial charge in [-0.25, -0.2) is 4.98 Å². The van der Waals surface area contributed by atoms with E-state index in [9.17, 15) is 9.59 Å². The Morgan fingerprint density at radius 1 is 0.938 bits per heavy atom. The maximum absolute atomic E-state index is 13.1. The lowest BCUT2D eigenvalue weighted by Gasteiger charge is -2.23. The van der Waals surface area contributed by atoms with Crippen molar-refractivity contribution in [1.29, 1.82) is 0 Å². The van der Waals surface area contributed by atoms with Gasteiger partial charge in [-0.2, -0.15) is 0 Å². The fourth-order valence-corrected chi connectivity index (χ4v) is 3.99. The molecule has 0 aliphatic heterocycles. The number of benzene rings is 2. The summed E-state index contributed by atoms with van der Waals surface area (Å²) in [4.78, 5) is 31.5. The molecule has 0 spiro atoms. The molecule has 2 aromatic heterocycles. The van der Waals surface area contributed by atoms with Crippen LogP contribution in [-0.2, 0) is 24.2 Å². The van der Waals surface area contributed by atoms with Gasteiger partial charge in [-0.1, -0.05) is 60.7 Å². The van der Waals surface area contributed by atoms with Gasteiger partial charge in [0, 0.05) is 18.5 Å². The summed E-state index contributed by atoms with van der Waals surface area (Å²) < 4.78 is 5.09. The Balaban J connectivity index is 1.41. The second-order valence-electron chi connectivity index (χ2n) is 7.29. The molecule has 2 aromatic carbocycles. The molecule has 2 heterocycles. The number of hydrogen-bond acceptors (Lipinski definition) is 5. The predicted octanol–water partition coefficient (Wildman–Crippen LogP) is 4.80. The van der Waals surface area contributed by atoms with E-state index < -0.39 is 0 Å². The molecule has 162 valence electrons. The molecule has 7 heteroatoms. The Kier molecular flexibility index (Phi) is 7.09. The van der Waals surface area contributed by atoms with E-state index in [2.05, 4.69) is 22.4 Å². The number of thiazole rings is 1. The van der Waals surface area contributed by atoms with E-state index in [1.54, 1.807) is 17.5 Å². The molecule has 32 heavy (non-hydrogen) atoms. The predicted molar refractivity (Wildman–Crippen MR) is 124 cm³/mol. The molecular weight excluding hydrogens is 422 g/mol. The van der Waals surface area contributed by atoms with Gasteiger partial charge in [-0.3, -0.25) is 14.9 Å². The zero-order valence-electron chi connectivity index (χ0n) is 17.4. The molecule has 0 aliphatic carbocycles. The Morgan fingerprint density at radius 3 is 2.34 bits per heavy atom. The van der Waals surface area contributed by atoms with Gasteiger partial charge in [0.05, 0.1) is 18.4 Å². The van der Waals surface area contributed by atoms with E-state index in [4.69, 9.17) is 4.42 Å². The zero-order valence-corrected chi connectivity index (χ0v) is 18.3. The average Bonchev–Trinajstić information content (AvgIpc) is 3.50. The van der Waals surface area contributed by atoms with Crippen LogP contribution in [0.3, 0.4) is 0 Å². The summed E-state index contributed by atoms with van der Waals surface area (Å²) in [5, 5.41) is 4.94. The van der Waals surface area contributed by atoms with Crippen LogP contribution in [0.5, 0.6) is 0 Å². The minimum atomic E-state index is -0.365. The van der Waals surface area contributed by atoms with Crippen LogP contribution < -0.4 is 5.32 Å². The highest BCUT2D eigenvalue weighted by molar-refractivity contribution is 7.14. The molecule has 0 fully saturated rings. The van der Waals surface area contributed by atoms with Gasteiger partial charge in [0.2, 0.25) is 5.91 Å². The quantitative estimate of drug-likeness (QED) is 0.401. The fourth-order valence-electron chi connectivity index (χ4n) is 3.28. The van der Waals surface area contributed by atoms with Crippen LogP contribution in [0.25, 0.3) is 0 Å². The summed E-state index contributed by atoms with van der Waals surface area (Å²) in [6.45, 7) is 1.16. The van der Waals surface area contributed by atoms with Gasteiger partial charge in [-0.15, -0.1) is 11.3 Å². The first-order valence-corrected chi connectivity index (χ1v) is 11.2. The van der Waals surface area contributed by atoms with Crippen molar-refractivity contribution in [1.82, 2.24) is 9.88 Å². The summed E-state index contributed by atoms with van der Waals surface area (Å²) in [6, 6.07) is 23.3. The summed E-state index contributed by atoms with van der Waals surface area (Å²) >= 11 is 1.29. The van der Waals surface area contributed by atoms with E-state index in [0.29, 0.717) is 23.9 Å². The van der Waals surface area contributed by atoms with Crippen LogP contribution in [0.1, 0.15) is 27.4 Å². The van der Waals surface area contributed by atoms with Crippen LogP contribution in [0.4, 0.5) is 5.13 Å². The summed E-state index contributed by atoms with van der Waals surface area (Å²) in [7, 11) is 0. The van der Waals surface area contributed by atoms with Crippen molar-refractivity contribution in [3.63, 3.8) is 0 Å². The second-order valence-corrected chi connectivity index (χ2v) is 8.15. The molecule has 0 unspecified atom stereocenters. The molecule has 6 nitrogen and oxygen atoms in total.